The van der Waals surface area contributed by atoms with Crippen molar-refractivity contribution in [3.8, 4) is 6.07 Å². The monoisotopic (exact) mass is 571 g/mol. The molecule has 9 heteroatoms. The summed E-state index contributed by atoms with van der Waals surface area (Å²) in [5.74, 6) is 5.73. The van der Waals surface area contributed by atoms with Crippen LogP contribution in [0.3, 0.4) is 0 Å². The molecule has 3 aromatic carbocycles. The molecule has 0 unspecified atom stereocenters. The molecule has 0 aliphatic heterocycles. The minimum absolute atomic E-state index is 0.144. The molecule has 0 radical (unpaired) electrons. The second kappa shape index (κ2) is 13.4. The van der Waals surface area contributed by atoms with Crippen LogP contribution in [0.2, 0.25) is 0 Å². The molecule has 0 amide bonds. The second-order valence-electron chi connectivity index (χ2n) is 9.07. The van der Waals surface area contributed by atoms with Crippen molar-refractivity contribution in [3.63, 3.8) is 0 Å². The fourth-order valence-corrected chi connectivity index (χ4v) is 7.96. The van der Waals surface area contributed by atoms with Crippen LogP contribution in [0, 0.1) is 11.3 Å². The average molecular weight is 572 g/mol. The molecule has 0 saturated carbocycles. The summed E-state index contributed by atoms with van der Waals surface area (Å²) in [6.45, 7) is 4.26. The Morgan fingerprint density at radius 1 is 1.02 bits per heavy atom. The van der Waals surface area contributed by atoms with Gasteiger partial charge in [0.15, 0.2) is 0 Å². The Morgan fingerprint density at radius 2 is 1.73 bits per heavy atom. The second-order valence-corrected chi connectivity index (χ2v) is 12.0. The molecule has 2 N–H and O–H groups in total. The van der Waals surface area contributed by atoms with Crippen molar-refractivity contribution in [2.75, 3.05) is 10.8 Å². The Labute approximate surface area is 240 Å². The van der Waals surface area contributed by atoms with E-state index in [1.807, 2.05) is 68.4 Å². The molecule has 0 atom stereocenters. The molecule has 206 valence electrons. The minimum Gasteiger partial charge on any atom is -0.323 e. The van der Waals surface area contributed by atoms with Crippen LogP contribution in [0.5, 0.6) is 0 Å². The summed E-state index contributed by atoms with van der Waals surface area (Å²) in [4.78, 5) is 5.70. The summed E-state index contributed by atoms with van der Waals surface area (Å²) in [7, 11) is -4.10. The van der Waals surface area contributed by atoms with Crippen molar-refractivity contribution >= 4 is 49.1 Å². The topological polar surface area (TPSA) is 112 Å². The van der Waals surface area contributed by atoms with Crippen LogP contribution >= 0.6 is 11.3 Å². The number of rotatable bonds is 8. The van der Waals surface area contributed by atoms with E-state index in [1.165, 1.54) is 21.9 Å². The number of aliphatic imine (C=N–C) groups is 1. The quantitative estimate of drug-likeness (QED) is 0.149. The lowest BCUT2D eigenvalue weighted by molar-refractivity contribution is 0.594. The number of fused-ring (bicyclic) bond motifs is 2. The number of benzene rings is 3. The Balaban J connectivity index is 0.00000181. The fourth-order valence-electron chi connectivity index (χ4n) is 4.75. The molecule has 40 heavy (non-hydrogen) atoms. The van der Waals surface area contributed by atoms with Gasteiger partial charge in [-0.15, -0.1) is 11.3 Å². The lowest BCUT2D eigenvalue weighted by atomic mass is 9.96. The van der Waals surface area contributed by atoms with Crippen LogP contribution in [0.15, 0.2) is 87.8 Å². The standard InChI is InChI=1S/C29H27N5O2S2.C2H6/c30-17-26-25-14-6-7-15-27(25)37-29(26)34(20-23(33-31)19-32-18-21-9-2-1-3-10-21)38(35,36)28-16-8-12-22-11-4-5-13-24(22)28;1-2/h1-5,8-13,16,19H,6-7,14-15,18,20,31H2;1-2H3/b32-19?,33-23+;. The predicted molar refractivity (Wildman–Crippen MR) is 166 cm³/mol. The average Bonchev–Trinajstić information content (AvgIpc) is 3.38. The maximum Gasteiger partial charge on any atom is 0.265 e. The van der Waals surface area contributed by atoms with E-state index in [-0.39, 0.29) is 11.4 Å². The van der Waals surface area contributed by atoms with Gasteiger partial charge in [0.05, 0.1) is 29.3 Å². The Bertz CT molecular complexity index is 1660. The molecular weight excluding hydrogens is 539 g/mol. The van der Waals surface area contributed by atoms with E-state index in [4.69, 9.17) is 5.84 Å². The fraction of sp³-hybridized carbons (Fsp3) is 0.258. The van der Waals surface area contributed by atoms with Gasteiger partial charge < -0.3 is 5.84 Å². The van der Waals surface area contributed by atoms with Gasteiger partial charge in [0.1, 0.15) is 11.1 Å². The summed E-state index contributed by atoms with van der Waals surface area (Å²) in [6.07, 6.45) is 5.13. The van der Waals surface area contributed by atoms with E-state index in [0.29, 0.717) is 28.2 Å². The molecule has 1 aliphatic rings. The number of hydrogen-bond donors (Lipinski definition) is 1. The highest BCUT2D eigenvalue weighted by molar-refractivity contribution is 7.93. The van der Waals surface area contributed by atoms with E-state index in [9.17, 15) is 13.7 Å². The van der Waals surface area contributed by atoms with Gasteiger partial charge in [-0.2, -0.15) is 10.4 Å². The SMILES string of the molecule is CC.N#Cc1c(N(C/C(C=NCc2ccccc2)=N/N)S(=O)(=O)c2cccc3ccccc23)sc2c1CCCC2. The third-order valence-corrected chi connectivity index (χ3v) is 9.87. The van der Waals surface area contributed by atoms with Crippen molar-refractivity contribution < 1.29 is 8.42 Å². The first-order valence-corrected chi connectivity index (χ1v) is 15.6. The first-order chi connectivity index (χ1) is 19.5. The van der Waals surface area contributed by atoms with Crippen LogP contribution in [-0.4, -0.2) is 26.9 Å². The van der Waals surface area contributed by atoms with E-state index in [2.05, 4.69) is 16.2 Å². The van der Waals surface area contributed by atoms with Gasteiger partial charge in [0.2, 0.25) is 0 Å². The van der Waals surface area contributed by atoms with Crippen LogP contribution < -0.4 is 10.1 Å². The third-order valence-electron chi connectivity index (χ3n) is 6.64. The molecule has 1 aliphatic carbocycles. The number of nitriles is 1. The van der Waals surface area contributed by atoms with Gasteiger partial charge in [-0.25, -0.2) is 12.7 Å². The van der Waals surface area contributed by atoms with Gasteiger partial charge in [0.25, 0.3) is 10.0 Å². The molecule has 1 aromatic heterocycles. The number of hydrazone groups is 1. The maximum absolute atomic E-state index is 14.4. The molecule has 7 nitrogen and oxygen atoms in total. The smallest absolute Gasteiger partial charge is 0.265 e. The number of hydrogen-bond acceptors (Lipinski definition) is 7. The summed E-state index contributed by atoms with van der Waals surface area (Å²) in [5.41, 5.74) is 2.69. The molecular formula is C31H33N5O2S2. The summed E-state index contributed by atoms with van der Waals surface area (Å²) in [5, 5.41) is 15.8. The van der Waals surface area contributed by atoms with E-state index in [1.54, 1.807) is 18.2 Å². The first kappa shape index (κ1) is 29.0. The maximum atomic E-state index is 14.4. The zero-order valence-electron chi connectivity index (χ0n) is 22.7. The Kier molecular flexibility index (Phi) is 9.70. The molecule has 0 saturated heterocycles. The molecule has 1 heterocycles. The number of aryl methyl sites for hydroxylation is 1. The van der Waals surface area contributed by atoms with Gasteiger partial charge >= 0.3 is 0 Å². The Morgan fingerprint density at radius 3 is 2.48 bits per heavy atom. The van der Waals surface area contributed by atoms with Crippen LogP contribution in [-0.2, 0) is 29.4 Å². The van der Waals surface area contributed by atoms with Crippen LogP contribution in [0.25, 0.3) is 10.8 Å². The lowest BCUT2D eigenvalue weighted by Crippen LogP contribution is -2.36. The normalized spacial score (nSPS) is 13.4. The van der Waals surface area contributed by atoms with E-state index < -0.39 is 10.0 Å². The highest BCUT2D eigenvalue weighted by atomic mass is 32.2. The largest absolute Gasteiger partial charge is 0.323 e. The minimum atomic E-state index is -4.10. The summed E-state index contributed by atoms with van der Waals surface area (Å²) >= 11 is 1.38. The van der Waals surface area contributed by atoms with Crippen molar-refractivity contribution in [2.45, 2.75) is 51.0 Å². The molecule has 4 aromatic rings. The van der Waals surface area contributed by atoms with E-state index in [0.717, 1.165) is 47.1 Å². The van der Waals surface area contributed by atoms with Crippen molar-refractivity contribution in [2.24, 2.45) is 15.9 Å². The molecule has 0 bridgehead atoms. The lowest BCUT2D eigenvalue weighted by Gasteiger charge is -2.24. The highest BCUT2D eigenvalue weighted by Crippen LogP contribution is 2.42. The number of thiophene rings is 1. The van der Waals surface area contributed by atoms with Gasteiger partial charge in [-0.05, 0) is 48.3 Å². The summed E-state index contributed by atoms with van der Waals surface area (Å²) < 4.78 is 30.0. The van der Waals surface area contributed by atoms with Crippen molar-refractivity contribution in [1.29, 1.82) is 5.26 Å². The van der Waals surface area contributed by atoms with E-state index >= 15 is 0 Å². The highest BCUT2D eigenvalue weighted by Gasteiger charge is 2.33. The van der Waals surface area contributed by atoms with Crippen molar-refractivity contribution in [3.05, 3.63) is 94.4 Å². The molecule has 0 spiro atoms. The summed E-state index contributed by atoms with van der Waals surface area (Å²) in [6, 6.07) is 24.6. The van der Waals surface area contributed by atoms with Crippen molar-refractivity contribution in [1.82, 2.24) is 0 Å². The molecule has 5 rings (SSSR count). The number of anilines is 1. The first-order valence-electron chi connectivity index (χ1n) is 13.4. The van der Waals surface area contributed by atoms with Gasteiger partial charge in [-0.3, -0.25) is 4.99 Å². The van der Waals surface area contributed by atoms with Gasteiger partial charge in [-0.1, -0.05) is 80.6 Å². The number of sulfonamides is 1. The third kappa shape index (κ3) is 6.09. The number of nitrogens with zero attached hydrogens (tertiary/aromatic N) is 4. The number of nitrogens with two attached hydrogens (primary N) is 1. The zero-order valence-corrected chi connectivity index (χ0v) is 24.4. The zero-order chi connectivity index (χ0) is 28.5. The predicted octanol–water partition coefficient (Wildman–Crippen LogP) is 6.46. The van der Waals surface area contributed by atoms with Crippen LogP contribution in [0.1, 0.15) is 48.3 Å². The Hall–Kier alpha value is -4.00. The van der Waals surface area contributed by atoms with Crippen LogP contribution in [0.4, 0.5) is 5.00 Å². The molecule has 0 fully saturated rings. The van der Waals surface area contributed by atoms with Gasteiger partial charge in [0, 0.05) is 16.5 Å².